The van der Waals surface area contributed by atoms with Gasteiger partial charge in [0, 0.05) is 19.8 Å². The number of sulfonamides is 1. The Balaban J connectivity index is 2.22. The predicted octanol–water partition coefficient (Wildman–Crippen LogP) is 0.666. The Morgan fingerprint density at radius 3 is 2.70 bits per heavy atom. The molecular weight excluding hydrogens is 276 g/mol. The minimum absolute atomic E-state index is 0.162. The van der Waals surface area contributed by atoms with Crippen LogP contribution in [0.1, 0.15) is 16.8 Å². The second-order valence-electron chi connectivity index (χ2n) is 4.55. The van der Waals surface area contributed by atoms with Gasteiger partial charge in [0.25, 0.3) is 0 Å². The summed E-state index contributed by atoms with van der Waals surface area (Å²) in [4.78, 5) is 0.261. The summed E-state index contributed by atoms with van der Waals surface area (Å²) >= 11 is 0. The van der Waals surface area contributed by atoms with Crippen LogP contribution in [0.5, 0.6) is 0 Å². The first-order valence-electron chi connectivity index (χ1n) is 6.21. The van der Waals surface area contributed by atoms with Crippen molar-refractivity contribution in [2.75, 3.05) is 0 Å². The quantitative estimate of drug-likeness (QED) is 0.848. The van der Waals surface area contributed by atoms with Gasteiger partial charge in [0.05, 0.1) is 17.1 Å². The van der Waals surface area contributed by atoms with E-state index in [-0.39, 0.29) is 11.4 Å². The van der Waals surface area contributed by atoms with E-state index in [4.69, 9.17) is 5.73 Å². The fraction of sp³-hybridized carbons (Fsp3) is 0.308. The predicted molar refractivity (Wildman–Crippen MR) is 76.3 cm³/mol. The van der Waals surface area contributed by atoms with Gasteiger partial charge in [0.1, 0.15) is 0 Å². The number of nitrogens with two attached hydrogens (primary N) is 1. The Bertz CT molecular complexity index is 707. The van der Waals surface area contributed by atoms with Gasteiger partial charge in [-0.3, -0.25) is 4.68 Å². The summed E-state index contributed by atoms with van der Waals surface area (Å²) in [6, 6.07) is 6.87. The van der Waals surface area contributed by atoms with E-state index in [1.807, 2.05) is 6.07 Å². The number of benzene rings is 1. The van der Waals surface area contributed by atoms with E-state index in [1.165, 1.54) is 0 Å². The SMILES string of the molecule is Cc1c(CN)cccc1S(=O)(=O)NCc1ccn(C)n1. The molecule has 1 aromatic carbocycles. The molecule has 108 valence electrons. The van der Waals surface area contributed by atoms with E-state index in [0.717, 1.165) is 5.56 Å². The van der Waals surface area contributed by atoms with Gasteiger partial charge >= 0.3 is 0 Å². The fourth-order valence-corrected chi connectivity index (χ4v) is 3.26. The third kappa shape index (κ3) is 3.06. The van der Waals surface area contributed by atoms with Crippen molar-refractivity contribution in [2.45, 2.75) is 24.9 Å². The van der Waals surface area contributed by atoms with Crippen LogP contribution in [-0.4, -0.2) is 18.2 Å². The molecule has 0 bridgehead atoms. The molecule has 2 aromatic rings. The van der Waals surface area contributed by atoms with Gasteiger partial charge in [-0.2, -0.15) is 5.10 Å². The Hall–Kier alpha value is -1.70. The van der Waals surface area contributed by atoms with Crippen molar-refractivity contribution in [3.63, 3.8) is 0 Å². The fourth-order valence-electron chi connectivity index (χ4n) is 1.98. The lowest BCUT2D eigenvalue weighted by Crippen LogP contribution is -2.24. The number of aryl methyl sites for hydroxylation is 1. The second-order valence-corrected chi connectivity index (χ2v) is 6.29. The number of hydrogen-bond acceptors (Lipinski definition) is 4. The monoisotopic (exact) mass is 294 g/mol. The van der Waals surface area contributed by atoms with E-state index in [1.54, 1.807) is 43.0 Å². The summed E-state index contributed by atoms with van der Waals surface area (Å²) in [6.07, 6.45) is 1.77. The Kier molecular flexibility index (Phi) is 4.22. The van der Waals surface area contributed by atoms with E-state index in [2.05, 4.69) is 9.82 Å². The molecule has 1 heterocycles. The van der Waals surface area contributed by atoms with Crippen molar-refractivity contribution >= 4 is 10.0 Å². The largest absolute Gasteiger partial charge is 0.326 e. The van der Waals surface area contributed by atoms with Crippen molar-refractivity contribution in [3.05, 3.63) is 47.3 Å². The van der Waals surface area contributed by atoms with Gasteiger partial charge in [-0.05, 0) is 30.2 Å². The average molecular weight is 294 g/mol. The van der Waals surface area contributed by atoms with Crippen LogP contribution in [0.15, 0.2) is 35.4 Å². The first kappa shape index (κ1) is 14.7. The number of nitrogens with zero attached hydrogens (tertiary/aromatic N) is 2. The molecule has 0 aliphatic heterocycles. The first-order chi connectivity index (χ1) is 9.44. The van der Waals surface area contributed by atoms with Crippen molar-refractivity contribution < 1.29 is 8.42 Å². The van der Waals surface area contributed by atoms with E-state index in [0.29, 0.717) is 17.8 Å². The number of hydrogen-bond donors (Lipinski definition) is 2. The summed E-state index contributed by atoms with van der Waals surface area (Å²) in [5.74, 6) is 0. The van der Waals surface area contributed by atoms with Crippen LogP contribution in [0.4, 0.5) is 0 Å². The van der Waals surface area contributed by atoms with Crippen LogP contribution >= 0.6 is 0 Å². The average Bonchev–Trinajstić information content (AvgIpc) is 2.82. The van der Waals surface area contributed by atoms with Gasteiger partial charge in [-0.25, -0.2) is 13.1 Å². The minimum Gasteiger partial charge on any atom is -0.326 e. The standard InChI is InChI=1S/C13H18N4O2S/c1-10-11(8-14)4-3-5-13(10)20(18,19)15-9-12-6-7-17(2)16-12/h3-7,15H,8-9,14H2,1-2H3. The summed E-state index contributed by atoms with van der Waals surface area (Å²) < 4.78 is 28.8. The second kappa shape index (κ2) is 5.74. The molecule has 0 atom stereocenters. The molecule has 7 heteroatoms. The molecule has 0 saturated heterocycles. The maximum Gasteiger partial charge on any atom is 0.241 e. The van der Waals surface area contributed by atoms with Crippen molar-refractivity contribution in [1.29, 1.82) is 0 Å². The highest BCUT2D eigenvalue weighted by Crippen LogP contribution is 2.18. The van der Waals surface area contributed by atoms with Crippen LogP contribution in [0.25, 0.3) is 0 Å². The third-order valence-corrected chi connectivity index (χ3v) is 4.66. The van der Waals surface area contributed by atoms with Gasteiger partial charge in [-0.1, -0.05) is 12.1 Å². The van der Waals surface area contributed by atoms with E-state index < -0.39 is 10.0 Å². The molecule has 0 radical (unpaired) electrons. The van der Waals surface area contributed by atoms with Gasteiger partial charge in [0.15, 0.2) is 0 Å². The molecule has 0 unspecified atom stereocenters. The zero-order chi connectivity index (χ0) is 14.8. The van der Waals surface area contributed by atoms with Crippen molar-refractivity contribution in [2.24, 2.45) is 12.8 Å². The summed E-state index contributed by atoms with van der Waals surface area (Å²) in [7, 11) is -1.78. The normalized spacial score (nSPS) is 11.8. The molecule has 3 N–H and O–H groups in total. The topological polar surface area (TPSA) is 90.0 Å². The molecule has 20 heavy (non-hydrogen) atoms. The smallest absolute Gasteiger partial charge is 0.241 e. The lowest BCUT2D eigenvalue weighted by molar-refractivity contribution is 0.578. The van der Waals surface area contributed by atoms with Crippen molar-refractivity contribution in [3.8, 4) is 0 Å². The lowest BCUT2D eigenvalue weighted by Gasteiger charge is -2.11. The summed E-state index contributed by atoms with van der Waals surface area (Å²) in [5.41, 5.74) is 7.78. The van der Waals surface area contributed by atoms with Crippen LogP contribution in [0, 0.1) is 6.92 Å². The molecule has 0 amide bonds. The molecule has 0 saturated carbocycles. The summed E-state index contributed by atoms with van der Waals surface area (Å²) in [6.45, 7) is 2.24. The summed E-state index contributed by atoms with van der Waals surface area (Å²) in [5, 5.41) is 4.13. The number of rotatable bonds is 5. The highest BCUT2D eigenvalue weighted by Gasteiger charge is 2.18. The van der Waals surface area contributed by atoms with Gasteiger partial charge < -0.3 is 5.73 Å². The minimum atomic E-state index is -3.57. The maximum atomic E-state index is 12.3. The van der Waals surface area contributed by atoms with Gasteiger partial charge in [0.2, 0.25) is 10.0 Å². The highest BCUT2D eigenvalue weighted by molar-refractivity contribution is 7.89. The van der Waals surface area contributed by atoms with Crippen LogP contribution in [0.2, 0.25) is 0 Å². The van der Waals surface area contributed by atoms with Crippen LogP contribution in [0.3, 0.4) is 0 Å². The highest BCUT2D eigenvalue weighted by atomic mass is 32.2. The molecule has 0 aliphatic rings. The molecular formula is C13H18N4O2S. The zero-order valence-electron chi connectivity index (χ0n) is 11.5. The van der Waals surface area contributed by atoms with Crippen LogP contribution < -0.4 is 10.5 Å². The third-order valence-electron chi connectivity index (χ3n) is 3.12. The van der Waals surface area contributed by atoms with Gasteiger partial charge in [-0.15, -0.1) is 0 Å². The molecule has 0 aliphatic carbocycles. The van der Waals surface area contributed by atoms with E-state index >= 15 is 0 Å². The van der Waals surface area contributed by atoms with Crippen LogP contribution in [-0.2, 0) is 30.2 Å². The Morgan fingerprint density at radius 1 is 1.35 bits per heavy atom. The number of aromatic nitrogens is 2. The molecule has 0 spiro atoms. The van der Waals surface area contributed by atoms with E-state index in [9.17, 15) is 8.42 Å². The number of nitrogens with one attached hydrogen (secondary N) is 1. The Labute approximate surface area is 118 Å². The molecule has 0 fully saturated rings. The lowest BCUT2D eigenvalue weighted by atomic mass is 10.1. The van der Waals surface area contributed by atoms with Crippen molar-refractivity contribution in [1.82, 2.24) is 14.5 Å². The molecule has 6 nitrogen and oxygen atoms in total. The Morgan fingerprint density at radius 2 is 2.10 bits per heavy atom. The molecule has 1 aromatic heterocycles. The first-order valence-corrected chi connectivity index (χ1v) is 7.69. The molecule has 2 rings (SSSR count). The maximum absolute atomic E-state index is 12.3. The zero-order valence-corrected chi connectivity index (χ0v) is 12.3.